The van der Waals surface area contributed by atoms with Gasteiger partial charge in [0.25, 0.3) is 0 Å². The van der Waals surface area contributed by atoms with Crippen LogP contribution in [0.15, 0.2) is 12.1 Å². The fourth-order valence-electron chi connectivity index (χ4n) is 3.57. The van der Waals surface area contributed by atoms with Gasteiger partial charge in [-0.15, -0.1) is 0 Å². The van der Waals surface area contributed by atoms with E-state index in [1.54, 1.807) is 6.07 Å². The van der Waals surface area contributed by atoms with Crippen LogP contribution in [0.3, 0.4) is 0 Å². The van der Waals surface area contributed by atoms with Gasteiger partial charge in [-0.05, 0) is 69.8 Å². The number of aryl methyl sites for hydroxylation is 1. The highest BCUT2D eigenvalue weighted by molar-refractivity contribution is 5.59. The molecule has 0 radical (unpaired) electrons. The first-order valence-electron chi connectivity index (χ1n) is 8.31. The molecule has 2 rings (SSSR count). The molecule has 0 amide bonds. The normalized spacial score (nSPS) is 23.6. The summed E-state index contributed by atoms with van der Waals surface area (Å²) >= 11 is 0. The molecule has 1 aliphatic rings. The van der Waals surface area contributed by atoms with Gasteiger partial charge >= 0.3 is 0 Å². The molecule has 1 aromatic rings. The average Bonchev–Trinajstić information content (AvgIpc) is 2.82. The fraction of sp³-hybridized carbons (Fsp3) is 0.667. The highest BCUT2D eigenvalue weighted by atomic mass is 19.1. The lowest BCUT2D eigenvalue weighted by molar-refractivity contribution is 0.568. The number of hydrogen-bond acceptors (Lipinski definition) is 2. The largest absolute Gasteiger partial charge is 0.366 e. The van der Waals surface area contributed by atoms with Crippen LogP contribution in [0.2, 0.25) is 0 Å². The molecule has 3 unspecified atom stereocenters. The Kier molecular flexibility index (Phi) is 5.26. The summed E-state index contributed by atoms with van der Waals surface area (Å²) in [5.74, 6) is -0.0987. The highest BCUT2D eigenvalue weighted by Crippen LogP contribution is 2.37. The molecular formula is C18H29FN2. The summed E-state index contributed by atoms with van der Waals surface area (Å²) in [6.07, 6.45) is 3.61. The molecule has 1 heterocycles. The maximum Gasteiger partial charge on any atom is 0.126 e. The van der Waals surface area contributed by atoms with E-state index in [2.05, 4.69) is 37.9 Å². The monoisotopic (exact) mass is 292 g/mol. The van der Waals surface area contributed by atoms with Crippen molar-refractivity contribution in [1.29, 1.82) is 0 Å². The van der Waals surface area contributed by atoms with Gasteiger partial charge in [0, 0.05) is 23.8 Å². The zero-order chi connectivity index (χ0) is 15.6. The summed E-state index contributed by atoms with van der Waals surface area (Å²) in [7, 11) is 0. The van der Waals surface area contributed by atoms with Gasteiger partial charge in [0.2, 0.25) is 0 Å². The summed E-state index contributed by atoms with van der Waals surface area (Å²) < 4.78 is 14.1. The van der Waals surface area contributed by atoms with Crippen molar-refractivity contribution in [3.05, 3.63) is 29.1 Å². The highest BCUT2D eigenvalue weighted by Gasteiger charge is 2.31. The van der Waals surface area contributed by atoms with E-state index in [4.69, 9.17) is 0 Å². The first-order chi connectivity index (χ1) is 9.99. The lowest BCUT2D eigenvalue weighted by Crippen LogP contribution is -2.36. The molecule has 1 saturated heterocycles. The van der Waals surface area contributed by atoms with Crippen molar-refractivity contribution in [2.75, 3.05) is 11.4 Å². The van der Waals surface area contributed by atoms with Gasteiger partial charge in [0.1, 0.15) is 5.82 Å². The number of anilines is 1. The van der Waals surface area contributed by atoms with E-state index in [1.807, 2.05) is 13.0 Å². The van der Waals surface area contributed by atoms with Crippen molar-refractivity contribution >= 4 is 5.69 Å². The van der Waals surface area contributed by atoms with Crippen LogP contribution in [0.5, 0.6) is 0 Å². The molecule has 1 aromatic carbocycles. The molecule has 21 heavy (non-hydrogen) atoms. The standard InChI is InChI=1S/C18H29FN2/c1-6-15-9-8-13(4)21(15)18-10-12(3)17(19)11-16(18)14(5)20-7-2/h10-11,13-15,20H,6-9H2,1-5H3. The van der Waals surface area contributed by atoms with Crippen LogP contribution in [0, 0.1) is 12.7 Å². The summed E-state index contributed by atoms with van der Waals surface area (Å²) in [4.78, 5) is 2.52. The second kappa shape index (κ2) is 6.78. The lowest BCUT2D eigenvalue weighted by atomic mass is 10.0. The molecule has 118 valence electrons. The third-order valence-corrected chi connectivity index (χ3v) is 4.82. The zero-order valence-electron chi connectivity index (χ0n) is 14.0. The van der Waals surface area contributed by atoms with Crippen LogP contribution in [-0.4, -0.2) is 18.6 Å². The van der Waals surface area contributed by atoms with E-state index < -0.39 is 0 Å². The molecule has 3 atom stereocenters. The van der Waals surface area contributed by atoms with Crippen LogP contribution in [-0.2, 0) is 0 Å². The Hall–Kier alpha value is -1.09. The molecule has 1 N–H and O–H groups in total. The van der Waals surface area contributed by atoms with E-state index in [0.29, 0.717) is 12.1 Å². The van der Waals surface area contributed by atoms with E-state index >= 15 is 0 Å². The smallest absolute Gasteiger partial charge is 0.126 e. The van der Waals surface area contributed by atoms with Crippen LogP contribution >= 0.6 is 0 Å². The average molecular weight is 292 g/mol. The maximum absolute atomic E-state index is 14.1. The second-order valence-electron chi connectivity index (χ2n) is 6.34. The predicted molar refractivity (Wildman–Crippen MR) is 88.5 cm³/mol. The van der Waals surface area contributed by atoms with Crippen molar-refractivity contribution in [3.63, 3.8) is 0 Å². The molecule has 0 bridgehead atoms. The molecule has 0 spiro atoms. The first kappa shape index (κ1) is 16.3. The molecule has 2 nitrogen and oxygen atoms in total. The molecule has 0 aliphatic carbocycles. The number of benzene rings is 1. The topological polar surface area (TPSA) is 15.3 Å². The van der Waals surface area contributed by atoms with Gasteiger partial charge < -0.3 is 10.2 Å². The Balaban J connectivity index is 2.47. The van der Waals surface area contributed by atoms with E-state index in [0.717, 1.165) is 24.1 Å². The number of rotatable bonds is 5. The van der Waals surface area contributed by atoms with Crippen LogP contribution < -0.4 is 10.2 Å². The van der Waals surface area contributed by atoms with Crippen LogP contribution in [0.1, 0.15) is 64.1 Å². The summed E-state index contributed by atoms with van der Waals surface area (Å²) in [5.41, 5.74) is 3.05. The Morgan fingerprint density at radius 2 is 2.05 bits per heavy atom. The summed E-state index contributed by atoms with van der Waals surface area (Å²) in [6.45, 7) is 11.5. The molecule has 3 heteroatoms. The van der Waals surface area contributed by atoms with E-state index in [1.165, 1.54) is 18.5 Å². The Morgan fingerprint density at radius 1 is 1.33 bits per heavy atom. The SMILES string of the molecule is CCNC(C)c1cc(F)c(C)cc1N1C(C)CCC1CC. The predicted octanol–water partition coefficient (Wildman–Crippen LogP) is 4.57. The Bertz CT molecular complexity index is 486. The van der Waals surface area contributed by atoms with Crippen molar-refractivity contribution in [3.8, 4) is 0 Å². The summed E-state index contributed by atoms with van der Waals surface area (Å²) in [5, 5.41) is 3.43. The van der Waals surface area contributed by atoms with E-state index in [9.17, 15) is 4.39 Å². The quantitative estimate of drug-likeness (QED) is 0.855. The van der Waals surface area contributed by atoms with Gasteiger partial charge in [-0.2, -0.15) is 0 Å². The second-order valence-corrected chi connectivity index (χ2v) is 6.34. The Morgan fingerprint density at radius 3 is 2.67 bits per heavy atom. The number of nitrogens with one attached hydrogen (secondary N) is 1. The van der Waals surface area contributed by atoms with Gasteiger partial charge in [-0.25, -0.2) is 4.39 Å². The van der Waals surface area contributed by atoms with Crippen molar-refractivity contribution in [1.82, 2.24) is 5.32 Å². The van der Waals surface area contributed by atoms with Crippen molar-refractivity contribution in [2.24, 2.45) is 0 Å². The van der Waals surface area contributed by atoms with Gasteiger partial charge in [0.05, 0.1) is 0 Å². The van der Waals surface area contributed by atoms with Crippen LogP contribution in [0.4, 0.5) is 10.1 Å². The fourth-order valence-corrected chi connectivity index (χ4v) is 3.57. The van der Waals surface area contributed by atoms with E-state index in [-0.39, 0.29) is 11.9 Å². The van der Waals surface area contributed by atoms with Gasteiger partial charge in [-0.1, -0.05) is 13.8 Å². The zero-order valence-corrected chi connectivity index (χ0v) is 14.0. The van der Waals surface area contributed by atoms with Crippen molar-refractivity contribution < 1.29 is 4.39 Å². The lowest BCUT2D eigenvalue weighted by Gasteiger charge is -2.34. The molecular weight excluding hydrogens is 263 g/mol. The number of hydrogen-bond donors (Lipinski definition) is 1. The minimum absolute atomic E-state index is 0.0987. The molecule has 0 saturated carbocycles. The number of halogens is 1. The molecule has 0 aromatic heterocycles. The molecule has 1 fully saturated rings. The number of nitrogens with zero attached hydrogens (tertiary/aromatic N) is 1. The maximum atomic E-state index is 14.1. The van der Waals surface area contributed by atoms with Crippen LogP contribution in [0.25, 0.3) is 0 Å². The minimum atomic E-state index is -0.0987. The third-order valence-electron chi connectivity index (χ3n) is 4.82. The Labute approximate surface area is 128 Å². The van der Waals surface area contributed by atoms with Gasteiger partial charge in [0.15, 0.2) is 0 Å². The van der Waals surface area contributed by atoms with Gasteiger partial charge in [-0.3, -0.25) is 0 Å². The van der Waals surface area contributed by atoms with Crippen molar-refractivity contribution in [2.45, 2.75) is 72.0 Å². The molecule has 1 aliphatic heterocycles. The third kappa shape index (κ3) is 3.23. The minimum Gasteiger partial charge on any atom is -0.366 e. The first-order valence-corrected chi connectivity index (χ1v) is 8.31. The summed E-state index contributed by atoms with van der Waals surface area (Å²) in [6, 6.07) is 5.06.